The van der Waals surface area contributed by atoms with Crippen molar-refractivity contribution in [2.75, 3.05) is 6.61 Å². The molecule has 0 amide bonds. The van der Waals surface area contributed by atoms with E-state index in [0.29, 0.717) is 0 Å². The predicted octanol–water partition coefficient (Wildman–Crippen LogP) is 2.78. The van der Waals surface area contributed by atoms with Crippen molar-refractivity contribution in [2.45, 2.75) is 19.0 Å². The highest BCUT2D eigenvalue weighted by atomic mass is 16.3. The monoisotopic (exact) mass is 257 g/mol. The van der Waals surface area contributed by atoms with E-state index in [4.69, 9.17) is 0 Å². The number of benzene rings is 2. The summed E-state index contributed by atoms with van der Waals surface area (Å²) in [7, 11) is 0. The van der Waals surface area contributed by atoms with Gasteiger partial charge in [0.25, 0.3) is 0 Å². The van der Waals surface area contributed by atoms with Crippen LogP contribution in [0.3, 0.4) is 0 Å². The predicted molar refractivity (Wildman–Crippen MR) is 75.9 cm³/mol. The van der Waals surface area contributed by atoms with Gasteiger partial charge in [-0.1, -0.05) is 42.5 Å². The largest absolute Gasteiger partial charge is 0.508 e. The van der Waals surface area contributed by atoms with Crippen LogP contribution in [0.4, 0.5) is 0 Å². The molecule has 2 rings (SSSR count). The number of hydrogen-bond acceptors (Lipinski definition) is 3. The molecule has 0 fully saturated rings. The van der Waals surface area contributed by atoms with Crippen molar-refractivity contribution < 1.29 is 10.2 Å². The first kappa shape index (κ1) is 13.6. The highest BCUT2D eigenvalue weighted by Gasteiger charge is 2.14. The summed E-state index contributed by atoms with van der Waals surface area (Å²) < 4.78 is 0. The van der Waals surface area contributed by atoms with Crippen molar-refractivity contribution in [2.24, 2.45) is 0 Å². The third-order valence-electron chi connectivity index (χ3n) is 3.21. The molecule has 0 heterocycles. The van der Waals surface area contributed by atoms with E-state index in [1.54, 1.807) is 12.1 Å². The van der Waals surface area contributed by atoms with E-state index in [9.17, 15) is 10.2 Å². The van der Waals surface area contributed by atoms with Gasteiger partial charge in [-0.25, -0.2) is 0 Å². The van der Waals surface area contributed by atoms with Crippen LogP contribution in [0.5, 0.6) is 5.75 Å². The van der Waals surface area contributed by atoms with Crippen LogP contribution in [0.25, 0.3) is 0 Å². The van der Waals surface area contributed by atoms with Crippen molar-refractivity contribution >= 4 is 0 Å². The first-order chi connectivity index (χ1) is 9.20. The van der Waals surface area contributed by atoms with E-state index in [1.165, 1.54) is 0 Å². The highest BCUT2D eigenvalue weighted by Crippen LogP contribution is 2.21. The van der Waals surface area contributed by atoms with Gasteiger partial charge in [-0.3, -0.25) is 0 Å². The summed E-state index contributed by atoms with van der Waals surface area (Å²) in [6.07, 6.45) is 0. The van der Waals surface area contributed by atoms with Crippen molar-refractivity contribution in [3.63, 3.8) is 0 Å². The molecule has 0 saturated heterocycles. The molecule has 2 aromatic carbocycles. The number of nitrogens with one attached hydrogen (secondary N) is 1. The molecule has 2 aromatic rings. The second-order valence-electron chi connectivity index (χ2n) is 4.63. The molecule has 19 heavy (non-hydrogen) atoms. The molecule has 0 saturated carbocycles. The molecule has 0 aliphatic rings. The number of rotatable bonds is 5. The molecule has 0 radical (unpaired) electrons. The van der Waals surface area contributed by atoms with E-state index in [1.807, 2.05) is 49.4 Å². The van der Waals surface area contributed by atoms with Gasteiger partial charge < -0.3 is 15.5 Å². The Bertz CT molecular complexity index is 513. The Kier molecular flexibility index (Phi) is 4.55. The third kappa shape index (κ3) is 3.56. The number of phenolic OH excluding ortho intramolecular Hbond substituents is 1. The lowest BCUT2D eigenvalue weighted by Crippen LogP contribution is -2.27. The second kappa shape index (κ2) is 6.36. The topological polar surface area (TPSA) is 52.5 Å². The Morgan fingerprint density at radius 1 is 1.00 bits per heavy atom. The van der Waals surface area contributed by atoms with Crippen LogP contribution in [-0.4, -0.2) is 16.8 Å². The molecule has 0 aliphatic carbocycles. The fourth-order valence-electron chi connectivity index (χ4n) is 2.13. The van der Waals surface area contributed by atoms with Gasteiger partial charge in [-0.2, -0.15) is 0 Å². The van der Waals surface area contributed by atoms with Crippen molar-refractivity contribution in [3.05, 3.63) is 65.7 Å². The highest BCUT2D eigenvalue weighted by molar-refractivity contribution is 5.29. The van der Waals surface area contributed by atoms with Crippen LogP contribution >= 0.6 is 0 Å². The Balaban J connectivity index is 2.10. The Hall–Kier alpha value is -1.84. The number of phenols is 1. The fourth-order valence-corrected chi connectivity index (χ4v) is 2.13. The zero-order chi connectivity index (χ0) is 13.7. The molecule has 0 bridgehead atoms. The minimum atomic E-state index is -0.112. The first-order valence-electron chi connectivity index (χ1n) is 6.41. The maximum Gasteiger partial charge on any atom is 0.115 e. The normalized spacial score (nSPS) is 14.0. The van der Waals surface area contributed by atoms with Crippen molar-refractivity contribution in [1.82, 2.24) is 5.32 Å². The fraction of sp³-hybridized carbons (Fsp3) is 0.250. The molecule has 3 nitrogen and oxygen atoms in total. The van der Waals surface area contributed by atoms with Crippen LogP contribution in [0.15, 0.2) is 54.6 Å². The zero-order valence-corrected chi connectivity index (χ0v) is 11.0. The number of aliphatic hydroxyl groups excluding tert-OH is 1. The molecule has 0 aliphatic heterocycles. The van der Waals surface area contributed by atoms with Gasteiger partial charge in [0.15, 0.2) is 0 Å². The molecule has 3 heteroatoms. The summed E-state index contributed by atoms with van der Waals surface area (Å²) in [6, 6.07) is 16.9. The zero-order valence-electron chi connectivity index (χ0n) is 11.0. The maximum atomic E-state index is 9.52. The summed E-state index contributed by atoms with van der Waals surface area (Å²) in [5, 5.41) is 22.4. The van der Waals surface area contributed by atoms with Crippen LogP contribution in [-0.2, 0) is 0 Å². The van der Waals surface area contributed by atoms with Gasteiger partial charge in [-0.15, -0.1) is 0 Å². The van der Waals surface area contributed by atoms with Crippen molar-refractivity contribution in [1.29, 1.82) is 0 Å². The summed E-state index contributed by atoms with van der Waals surface area (Å²) >= 11 is 0. The van der Waals surface area contributed by atoms with Gasteiger partial charge in [0.2, 0.25) is 0 Å². The van der Waals surface area contributed by atoms with Gasteiger partial charge in [0, 0.05) is 6.04 Å². The molecule has 3 N–H and O–H groups in total. The van der Waals surface area contributed by atoms with Crippen LogP contribution in [0.1, 0.15) is 30.1 Å². The lowest BCUT2D eigenvalue weighted by Gasteiger charge is -2.22. The minimum absolute atomic E-state index is 0.0349. The minimum Gasteiger partial charge on any atom is -0.508 e. The average molecular weight is 257 g/mol. The lowest BCUT2D eigenvalue weighted by molar-refractivity contribution is 0.235. The smallest absolute Gasteiger partial charge is 0.115 e. The molecule has 0 spiro atoms. The van der Waals surface area contributed by atoms with Crippen LogP contribution in [0, 0.1) is 0 Å². The van der Waals surface area contributed by atoms with Crippen molar-refractivity contribution in [3.8, 4) is 5.75 Å². The van der Waals surface area contributed by atoms with Gasteiger partial charge in [0.05, 0.1) is 12.6 Å². The first-order valence-corrected chi connectivity index (χ1v) is 6.41. The van der Waals surface area contributed by atoms with Gasteiger partial charge in [0.1, 0.15) is 5.75 Å². The lowest BCUT2D eigenvalue weighted by atomic mass is 10.0. The second-order valence-corrected chi connectivity index (χ2v) is 4.63. The summed E-state index contributed by atoms with van der Waals surface area (Å²) in [4.78, 5) is 0. The SMILES string of the molecule is CC(NC(CO)c1ccccc1)c1cccc(O)c1. The molecule has 2 atom stereocenters. The molecule has 100 valence electrons. The van der Waals surface area contributed by atoms with E-state index in [0.717, 1.165) is 11.1 Å². The molecular weight excluding hydrogens is 238 g/mol. The Morgan fingerprint density at radius 3 is 2.32 bits per heavy atom. The standard InChI is InChI=1S/C16H19NO2/c1-12(14-8-5-9-15(19)10-14)17-16(11-18)13-6-3-2-4-7-13/h2-10,12,16-19H,11H2,1H3. The summed E-state index contributed by atoms with van der Waals surface area (Å²) in [5.41, 5.74) is 2.05. The van der Waals surface area contributed by atoms with Gasteiger partial charge >= 0.3 is 0 Å². The third-order valence-corrected chi connectivity index (χ3v) is 3.21. The molecular formula is C16H19NO2. The molecule has 0 aromatic heterocycles. The summed E-state index contributed by atoms with van der Waals surface area (Å²) in [5.74, 6) is 0.256. The van der Waals surface area contributed by atoms with Gasteiger partial charge in [-0.05, 0) is 30.2 Å². The number of hydrogen-bond donors (Lipinski definition) is 3. The molecule has 2 unspecified atom stereocenters. The van der Waals surface area contributed by atoms with E-state index < -0.39 is 0 Å². The maximum absolute atomic E-state index is 9.52. The number of aliphatic hydroxyl groups is 1. The Morgan fingerprint density at radius 2 is 1.68 bits per heavy atom. The van der Waals surface area contributed by atoms with E-state index in [2.05, 4.69) is 5.32 Å². The van der Waals surface area contributed by atoms with Crippen LogP contribution in [0.2, 0.25) is 0 Å². The van der Waals surface area contributed by atoms with E-state index in [-0.39, 0.29) is 24.4 Å². The Labute approximate surface area is 113 Å². The van der Waals surface area contributed by atoms with Crippen LogP contribution < -0.4 is 5.32 Å². The average Bonchev–Trinajstić information content (AvgIpc) is 2.45. The van der Waals surface area contributed by atoms with E-state index >= 15 is 0 Å². The number of aromatic hydroxyl groups is 1. The quantitative estimate of drug-likeness (QED) is 0.772. The summed E-state index contributed by atoms with van der Waals surface area (Å²) in [6.45, 7) is 2.05.